The number of benzene rings is 2. The molecule has 0 saturated carbocycles. The van der Waals surface area contributed by atoms with Gasteiger partial charge in [0.2, 0.25) is 5.88 Å². The lowest BCUT2D eigenvalue weighted by molar-refractivity contribution is -0.138. The molecule has 0 saturated heterocycles. The Labute approximate surface area is 225 Å². The van der Waals surface area contributed by atoms with Crippen molar-refractivity contribution in [3.63, 3.8) is 0 Å². The molecule has 3 rings (SSSR count). The minimum atomic E-state index is -4.54. The lowest BCUT2D eigenvalue weighted by Crippen LogP contribution is -2.48. The third kappa shape index (κ3) is 7.48. The van der Waals surface area contributed by atoms with Gasteiger partial charge in [-0.05, 0) is 61.2 Å². The molecular weight excluding hydrogens is 541 g/mol. The first-order chi connectivity index (χ1) is 17.6. The molecule has 0 spiro atoms. The molecule has 1 amide bonds. The van der Waals surface area contributed by atoms with Gasteiger partial charge in [-0.15, -0.1) is 0 Å². The molecule has 3 aromatic rings. The van der Waals surface area contributed by atoms with Gasteiger partial charge in [0.1, 0.15) is 0 Å². The van der Waals surface area contributed by atoms with Gasteiger partial charge in [-0.3, -0.25) is 4.79 Å². The summed E-state index contributed by atoms with van der Waals surface area (Å²) in [5.41, 5.74) is -0.751. The molecule has 2 atom stereocenters. The summed E-state index contributed by atoms with van der Waals surface area (Å²) in [7, 11) is -3.46. The molecule has 204 valence electrons. The van der Waals surface area contributed by atoms with Gasteiger partial charge in [-0.2, -0.15) is 13.2 Å². The van der Waals surface area contributed by atoms with Crippen molar-refractivity contribution in [3.05, 3.63) is 88.6 Å². The van der Waals surface area contributed by atoms with E-state index in [0.717, 1.165) is 24.0 Å². The minimum absolute atomic E-state index is 0.128. The Morgan fingerprint density at radius 3 is 2.26 bits per heavy atom. The fourth-order valence-corrected chi connectivity index (χ4v) is 4.69. The zero-order chi connectivity index (χ0) is 28.3. The molecule has 38 heavy (non-hydrogen) atoms. The first-order valence-corrected chi connectivity index (χ1v) is 13.9. The summed E-state index contributed by atoms with van der Waals surface area (Å²) in [6.45, 7) is 5.04. The van der Waals surface area contributed by atoms with Gasteiger partial charge in [-0.1, -0.05) is 42.8 Å². The molecule has 1 N–H and O–H groups in total. The number of alkyl halides is 3. The predicted octanol–water partition coefficient (Wildman–Crippen LogP) is 6.02. The topological polar surface area (TPSA) is 85.4 Å². The molecule has 11 heteroatoms. The molecule has 6 nitrogen and oxygen atoms in total. The number of aromatic nitrogens is 1. The molecule has 1 heterocycles. The maximum absolute atomic E-state index is 13.1. The molecule has 0 fully saturated rings. The van der Waals surface area contributed by atoms with Crippen molar-refractivity contribution < 1.29 is 31.1 Å². The molecule has 0 radical (unpaired) electrons. The molecule has 2 aromatic carbocycles. The van der Waals surface area contributed by atoms with Gasteiger partial charge in [0, 0.05) is 36.0 Å². The number of pyridine rings is 1. The number of sulfone groups is 1. The van der Waals surface area contributed by atoms with Crippen molar-refractivity contribution in [2.75, 3.05) is 12.8 Å². The lowest BCUT2D eigenvalue weighted by atomic mass is 9.82. The summed E-state index contributed by atoms with van der Waals surface area (Å²) >= 11 is 6.04. The SMILES string of the molecule is CC(c1ccc(Cl)cc1)C(CNC(=O)C(C)(C)Oc1ccc(C(F)(F)F)cn1)c1cccc(S(C)(=O)=O)c1. The molecule has 0 bridgehead atoms. The summed E-state index contributed by atoms with van der Waals surface area (Å²) in [6, 6.07) is 15.7. The van der Waals surface area contributed by atoms with Crippen LogP contribution in [-0.4, -0.2) is 37.7 Å². The largest absolute Gasteiger partial charge is 0.462 e. The van der Waals surface area contributed by atoms with Gasteiger partial charge >= 0.3 is 6.18 Å². The Balaban J connectivity index is 1.83. The van der Waals surface area contributed by atoms with Gasteiger partial charge < -0.3 is 10.1 Å². The predicted molar refractivity (Wildman–Crippen MR) is 139 cm³/mol. The van der Waals surface area contributed by atoms with Crippen molar-refractivity contribution in [2.24, 2.45) is 0 Å². The number of carbonyl (C=O) groups excluding carboxylic acids is 1. The second kappa shape index (κ2) is 11.3. The number of hydrogen-bond acceptors (Lipinski definition) is 5. The van der Waals surface area contributed by atoms with Crippen molar-refractivity contribution in [1.29, 1.82) is 0 Å². The second-order valence-electron chi connectivity index (χ2n) is 9.50. The number of hydrogen-bond donors (Lipinski definition) is 1. The zero-order valence-electron chi connectivity index (χ0n) is 21.2. The van der Waals surface area contributed by atoms with Gasteiger partial charge in [-0.25, -0.2) is 13.4 Å². The average molecular weight is 569 g/mol. The molecule has 0 aliphatic carbocycles. The number of rotatable bonds is 9. The van der Waals surface area contributed by atoms with E-state index < -0.39 is 33.1 Å². The van der Waals surface area contributed by atoms with Crippen molar-refractivity contribution in [3.8, 4) is 5.88 Å². The highest BCUT2D eigenvalue weighted by atomic mass is 35.5. The second-order valence-corrected chi connectivity index (χ2v) is 11.9. The number of carbonyl (C=O) groups is 1. The highest BCUT2D eigenvalue weighted by Crippen LogP contribution is 2.34. The standard InChI is InChI=1S/C27H28ClF3N2O4S/c1-17(18-8-11-21(28)12-9-18)23(19-6-5-7-22(14-19)38(4,35)36)16-33-25(34)26(2,3)37-24-13-10-20(15-32-24)27(29,30)31/h5-15,17,23H,16H2,1-4H3,(H,33,34). The van der Waals surface area contributed by atoms with Crippen LogP contribution in [0.1, 0.15) is 49.3 Å². The highest BCUT2D eigenvalue weighted by molar-refractivity contribution is 7.90. The van der Waals surface area contributed by atoms with Crippen molar-refractivity contribution >= 4 is 27.3 Å². The van der Waals surface area contributed by atoms with E-state index in [0.29, 0.717) is 16.8 Å². The fourth-order valence-electron chi connectivity index (χ4n) is 3.89. The maximum Gasteiger partial charge on any atom is 0.417 e. The highest BCUT2D eigenvalue weighted by Gasteiger charge is 2.34. The van der Waals surface area contributed by atoms with Crippen LogP contribution in [0.3, 0.4) is 0 Å². The summed E-state index contributed by atoms with van der Waals surface area (Å²) < 4.78 is 68.4. The van der Waals surface area contributed by atoms with Crippen LogP contribution in [0.5, 0.6) is 5.88 Å². The summed E-state index contributed by atoms with van der Waals surface area (Å²) in [6.07, 6.45) is -2.77. The third-order valence-corrected chi connectivity index (χ3v) is 7.53. The van der Waals surface area contributed by atoms with Crippen molar-refractivity contribution in [2.45, 2.75) is 49.3 Å². The Kier molecular flexibility index (Phi) is 8.78. The van der Waals surface area contributed by atoms with Crippen LogP contribution in [0.25, 0.3) is 0 Å². The van der Waals surface area contributed by atoms with E-state index in [2.05, 4.69) is 10.3 Å². The normalized spacial score (nSPS) is 14.0. The van der Waals surface area contributed by atoms with Crippen LogP contribution in [0.2, 0.25) is 5.02 Å². The number of ether oxygens (including phenoxy) is 1. The first kappa shape index (κ1) is 29.4. The quantitative estimate of drug-likeness (QED) is 0.341. The summed E-state index contributed by atoms with van der Waals surface area (Å²) in [5.74, 6) is -1.14. The average Bonchev–Trinajstić information content (AvgIpc) is 2.83. The summed E-state index contributed by atoms with van der Waals surface area (Å²) in [5, 5.41) is 3.42. The number of halogens is 4. The number of amides is 1. The van der Waals surface area contributed by atoms with Crippen LogP contribution >= 0.6 is 11.6 Å². The van der Waals surface area contributed by atoms with E-state index in [1.807, 2.05) is 19.1 Å². The molecular formula is C27H28ClF3N2O4S. The van der Waals surface area contributed by atoms with E-state index in [-0.39, 0.29) is 29.2 Å². The van der Waals surface area contributed by atoms with Gasteiger partial charge in [0.25, 0.3) is 5.91 Å². The molecule has 0 aliphatic heterocycles. The first-order valence-electron chi connectivity index (χ1n) is 11.6. The number of nitrogens with one attached hydrogen (secondary N) is 1. The lowest BCUT2D eigenvalue weighted by Gasteiger charge is -2.29. The van der Waals surface area contributed by atoms with Crippen LogP contribution in [0, 0.1) is 0 Å². The Morgan fingerprint density at radius 2 is 1.71 bits per heavy atom. The zero-order valence-corrected chi connectivity index (χ0v) is 22.8. The Hall–Kier alpha value is -3.11. The number of nitrogens with zero attached hydrogens (tertiary/aromatic N) is 1. The van der Waals surface area contributed by atoms with E-state index in [1.165, 1.54) is 19.9 Å². The maximum atomic E-state index is 13.1. The Bertz CT molecular complexity index is 1380. The van der Waals surface area contributed by atoms with Gasteiger partial charge in [0.15, 0.2) is 15.4 Å². The Morgan fingerprint density at radius 1 is 1.05 bits per heavy atom. The smallest absolute Gasteiger partial charge is 0.417 e. The van der Waals surface area contributed by atoms with Crippen LogP contribution in [-0.2, 0) is 20.8 Å². The minimum Gasteiger partial charge on any atom is -0.462 e. The monoisotopic (exact) mass is 568 g/mol. The van der Waals surface area contributed by atoms with Gasteiger partial charge in [0.05, 0.1) is 10.5 Å². The summed E-state index contributed by atoms with van der Waals surface area (Å²) in [4.78, 5) is 16.9. The van der Waals surface area contributed by atoms with Crippen molar-refractivity contribution in [1.82, 2.24) is 10.3 Å². The van der Waals surface area contributed by atoms with Crippen LogP contribution in [0.15, 0.2) is 71.8 Å². The van der Waals surface area contributed by atoms with E-state index >= 15 is 0 Å². The third-order valence-electron chi connectivity index (χ3n) is 6.17. The fraction of sp³-hybridized carbons (Fsp3) is 0.333. The van der Waals surface area contributed by atoms with E-state index in [4.69, 9.17) is 16.3 Å². The molecule has 2 unspecified atom stereocenters. The van der Waals surface area contributed by atoms with Crippen LogP contribution in [0.4, 0.5) is 13.2 Å². The molecule has 0 aliphatic rings. The van der Waals surface area contributed by atoms with Crippen LogP contribution < -0.4 is 10.1 Å². The molecule has 1 aromatic heterocycles. The van der Waals surface area contributed by atoms with E-state index in [9.17, 15) is 26.4 Å². The van der Waals surface area contributed by atoms with E-state index in [1.54, 1.807) is 30.3 Å².